The molecule has 1 amide bonds. The summed E-state index contributed by atoms with van der Waals surface area (Å²) in [5.74, 6) is -0.283. The number of sulfonamides is 1. The van der Waals surface area contributed by atoms with Crippen LogP contribution in [0.15, 0.2) is 53.4 Å². The summed E-state index contributed by atoms with van der Waals surface area (Å²) in [5, 5.41) is 3.04. The molecule has 2 N–H and O–H groups in total. The minimum Gasteiger partial charge on any atom is -0.379 e. The molecule has 7 nitrogen and oxygen atoms in total. The van der Waals surface area contributed by atoms with Gasteiger partial charge in [0.15, 0.2) is 0 Å². The molecule has 0 radical (unpaired) electrons. The summed E-state index contributed by atoms with van der Waals surface area (Å²) in [6, 6.07) is 12.5. The fourth-order valence-corrected chi connectivity index (χ4v) is 4.34. The van der Waals surface area contributed by atoms with Gasteiger partial charge in [-0.2, -0.15) is 0 Å². The zero-order valence-electron chi connectivity index (χ0n) is 15.9. The van der Waals surface area contributed by atoms with Crippen LogP contribution in [0.5, 0.6) is 0 Å². The van der Waals surface area contributed by atoms with Crippen LogP contribution in [-0.4, -0.2) is 58.6 Å². The number of ether oxygens (including phenoxy) is 1. The number of nitrogens with zero attached hydrogens (tertiary/aromatic N) is 1. The smallest absolute Gasteiger partial charge is 0.261 e. The minimum absolute atomic E-state index is 0.151. The molecule has 2 aromatic rings. The molecule has 1 aliphatic rings. The Balaban J connectivity index is 1.54. The summed E-state index contributed by atoms with van der Waals surface area (Å²) >= 11 is 6.22. The second-order valence-corrected chi connectivity index (χ2v) is 8.77. The fourth-order valence-electron chi connectivity index (χ4n) is 3.00. The number of halogens is 1. The highest BCUT2D eigenvalue weighted by Gasteiger charge is 2.16. The molecule has 1 saturated heterocycles. The van der Waals surface area contributed by atoms with E-state index in [1.807, 2.05) is 0 Å². The van der Waals surface area contributed by atoms with Crippen molar-refractivity contribution < 1.29 is 17.9 Å². The summed E-state index contributed by atoms with van der Waals surface area (Å²) in [6.45, 7) is 4.78. The average molecular weight is 438 g/mol. The Morgan fingerprint density at radius 1 is 1.10 bits per heavy atom. The molecule has 156 valence electrons. The maximum atomic E-state index is 12.4. The van der Waals surface area contributed by atoms with Gasteiger partial charge in [0.1, 0.15) is 0 Å². The van der Waals surface area contributed by atoms with Gasteiger partial charge in [0.05, 0.1) is 34.4 Å². The molecule has 29 heavy (non-hydrogen) atoms. The summed E-state index contributed by atoms with van der Waals surface area (Å²) in [4.78, 5) is 14.8. The quantitative estimate of drug-likeness (QED) is 0.620. The normalized spacial score (nSPS) is 15.1. The molecule has 1 fully saturated rings. The number of benzene rings is 2. The number of morpholine rings is 1. The van der Waals surface area contributed by atoms with Gasteiger partial charge in [-0.1, -0.05) is 29.8 Å². The molecular formula is C20H24ClN3O4S. The molecular weight excluding hydrogens is 414 g/mol. The van der Waals surface area contributed by atoms with Gasteiger partial charge in [0, 0.05) is 19.6 Å². The van der Waals surface area contributed by atoms with Crippen LogP contribution in [0.3, 0.4) is 0 Å². The Labute approximate surface area is 176 Å². The van der Waals surface area contributed by atoms with Gasteiger partial charge in [-0.05, 0) is 43.3 Å². The van der Waals surface area contributed by atoms with Crippen LogP contribution in [0.1, 0.15) is 16.8 Å². The van der Waals surface area contributed by atoms with Crippen LogP contribution in [0.25, 0.3) is 0 Å². The van der Waals surface area contributed by atoms with Gasteiger partial charge in [-0.15, -0.1) is 0 Å². The van der Waals surface area contributed by atoms with Gasteiger partial charge in [-0.25, -0.2) is 8.42 Å². The predicted octanol–water partition coefficient (Wildman–Crippen LogP) is 2.59. The minimum atomic E-state index is -3.71. The molecule has 0 aliphatic carbocycles. The number of carbonyl (C=O) groups excluding carboxylic acids is 1. The lowest BCUT2D eigenvalue weighted by Crippen LogP contribution is -2.38. The number of hydrogen-bond donors (Lipinski definition) is 2. The first-order chi connectivity index (χ1) is 14.0. The Hall–Kier alpha value is -2.13. The molecule has 0 bridgehead atoms. The molecule has 1 heterocycles. The van der Waals surface area contributed by atoms with Crippen LogP contribution in [0.2, 0.25) is 5.02 Å². The molecule has 0 unspecified atom stereocenters. The van der Waals surface area contributed by atoms with E-state index in [2.05, 4.69) is 14.9 Å². The standard InChI is InChI=1S/C20H24ClN3O4S/c21-19-15-16(23-29(26,27)17-5-2-1-3-6-17)7-8-18(19)20(25)22-9-4-10-24-11-13-28-14-12-24/h1-3,5-8,15,23H,4,9-14H2,(H,22,25). The highest BCUT2D eigenvalue weighted by molar-refractivity contribution is 7.92. The number of nitrogens with one attached hydrogen (secondary N) is 2. The number of anilines is 1. The first-order valence-electron chi connectivity index (χ1n) is 9.41. The zero-order chi connectivity index (χ0) is 20.7. The van der Waals surface area contributed by atoms with Crippen molar-refractivity contribution in [3.8, 4) is 0 Å². The van der Waals surface area contributed by atoms with Crippen molar-refractivity contribution in [2.24, 2.45) is 0 Å². The van der Waals surface area contributed by atoms with E-state index in [0.29, 0.717) is 17.8 Å². The summed E-state index contributed by atoms with van der Waals surface area (Å²) in [7, 11) is -3.71. The molecule has 0 spiro atoms. The third-order valence-corrected chi connectivity index (χ3v) is 6.27. The SMILES string of the molecule is O=C(NCCCN1CCOCC1)c1ccc(NS(=O)(=O)c2ccccc2)cc1Cl. The van der Waals surface area contributed by atoms with Crippen molar-refractivity contribution >= 4 is 33.2 Å². The Bertz CT molecular complexity index is 932. The van der Waals surface area contributed by atoms with Crippen molar-refractivity contribution in [2.75, 3.05) is 44.1 Å². The van der Waals surface area contributed by atoms with E-state index in [0.717, 1.165) is 39.3 Å². The Kier molecular flexibility index (Phi) is 7.49. The van der Waals surface area contributed by atoms with E-state index in [1.54, 1.807) is 18.2 Å². The molecule has 2 aromatic carbocycles. The van der Waals surface area contributed by atoms with E-state index in [9.17, 15) is 13.2 Å². The second kappa shape index (κ2) is 10.1. The lowest BCUT2D eigenvalue weighted by atomic mass is 10.2. The first kappa shape index (κ1) is 21.6. The van der Waals surface area contributed by atoms with Crippen molar-refractivity contribution in [3.05, 3.63) is 59.1 Å². The van der Waals surface area contributed by atoms with Crippen LogP contribution in [0.4, 0.5) is 5.69 Å². The fraction of sp³-hybridized carbons (Fsp3) is 0.350. The van der Waals surface area contributed by atoms with E-state index < -0.39 is 10.0 Å². The number of amides is 1. The monoisotopic (exact) mass is 437 g/mol. The lowest BCUT2D eigenvalue weighted by molar-refractivity contribution is 0.0374. The number of carbonyl (C=O) groups is 1. The van der Waals surface area contributed by atoms with Crippen molar-refractivity contribution in [2.45, 2.75) is 11.3 Å². The summed E-state index contributed by atoms with van der Waals surface area (Å²) in [6.07, 6.45) is 0.832. The van der Waals surface area contributed by atoms with Crippen molar-refractivity contribution in [1.82, 2.24) is 10.2 Å². The van der Waals surface area contributed by atoms with Crippen LogP contribution >= 0.6 is 11.6 Å². The second-order valence-electron chi connectivity index (χ2n) is 6.68. The van der Waals surface area contributed by atoms with Gasteiger partial charge < -0.3 is 10.1 Å². The van der Waals surface area contributed by atoms with Gasteiger partial charge in [-0.3, -0.25) is 14.4 Å². The average Bonchev–Trinajstić information content (AvgIpc) is 2.72. The highest BCUT2D eigenvalue weighted by Crippen LogP contribution is 2.23. The van der Waals surface area contributed by atoms with E-state index >= 15 is 0 Å². The van der Waals surface area contributed by atoms with E-state index in [1.165, 1.54) is 30.3 Å². The molecule has 0 saturated carbocycles. The maximum absolute atomic E-state index is 12.4. The third-order valence-electron chi connectivity index (χ3n) is 4.56. The first-order valence-corrected chi connectivity index (χ1v) is 11.3. The van der Waals surface area contributed by atoms with Crippen molar-refractivity contribution in [1.29, 1.82) is 0 Å². The number of hydrogen-bond acceptors (Lipinski definition) is 5. The predicted molar refractivity (Wildman–Crippen MR) is 113 cm³/mol. The van der Waals surface area contributed by atoms with E-state index in [4.69, 9.17) is 16.3 Å². The maximum Gasteiger partial charge on any atom is 0.261 e. The lowest BCUT2D eigenvalue weighted by Gasteiger charge is -2.26. The van der Waals surface area contributed by atoms with Gasteiger partial charge >= 0.3 is 0 Å². The molecule has 9 heteroatoms. The highest BCUT2D eigenvalue weighted by atomic mass is 35.5. The van der Waals surface area contributed by atoms with Crippen LogP contribution in [-0.2, 0) is 14.8 Å². The van der Waals surface area contributed by atoms with Gasteiger partial charge in [0.25, 0.3) is 15.9 Å². The largest absolute Gasteiger partial charge is 0.379 e. The zero-order valence-corrected chi connectivity index (χ0v) is 17.5. The molecule has 0 atom stereocenters. The van der Waals surface area contributed by atoms with Crippen LogP contribution in [0, 0.1) is 0 Å². The third kappa shape index (κ3) is 6.17. The van der Waals surface area contributed by atoms with E-state index in [-0.39, 0.29) is 15.8 Å². The van der Waals surface area contributed by atoms with Crippen molar-refractivity contribution in [3.63, 3.8) is 0 Å². The van der Waals surface area contributed by atoms with Crippen LogP contribution < -0.4 is 10.0 Å². The summed E-state index contributed by atoms with van der Waals surface area (Å²) < 4.78 is 32.6. The number of rotatable bonds is 8. The summed E-state index contributed by atoms with van der Waals surface area (Å²) in [5.41, 5.74) is 0.600. The Morgan fingerprint density at radius 3 is 2.52 bits per heavy atom. The Morgan fingerprint density at radius 2 is 1.83 bits per heavy atom. The topological polar surface area (TPSA) is 87.7 Å². The molecule has 3 rings (SSSR count). The molecule has 0 aromatic heterocycles. The molecule has 1 aliphatic heterocycles. The van der Waals surface area contributed by atoms with Gasteiger partial charge in [0.2, 0.25) is 0 Å².